The molecule has 0 bridgehead atoms. The first kappa shape index (κ1) is 9.79. The zero-order valence-electron chi connectivity index (χ0n) is 8.51. The van der Waals surface area contributed by atoms with Crippen LogP contribution in [0.1, 0.15) is 17.4 Å². The van der Waals surface area contributed by atoms with Gasteiger partial charge in [0.2, 0.25) is 0 Å². The van der Waals surface area contributed by atoms with Crippen LogP contribution in [0.2, 0.25) is 0 Å². The molecule has 1 heterocycles. The van der Waals surface area contributed by atoms with E-state index < -0.39 is 0 Å². The Morgan fingerprint density at radius 1 is 1.33 bits per heavy atom. The van der Waals surface area contributed by atoms with E-state index in [1.165, 1.54) is 5.56 Å². The maximum absolute atomic E-state index is 3.97. The highest BCUT2D eigenvalue weighted by molar-refractivity contribution is 5.16. The normalized spacial score (nSPS) is 12.6. The van der Waals surface area contributed by atoms with Gasteiger partial charge in [0.25, 0.3) is 0 Å². The number of nitrogens with one attached hydrogen (secondary N) is 2. The maximum Gasteiger partial charge on any atom is 0.191 e. The molecular weight excluding hydrogens is 190 g/mol. The lowest BCUT2D eigenvalue weighted by Crippen LogP contribution is -2.20. The number of tetrazole rings is 1. The third-order valence-electron chi connectivity index (χ3n) is 2.30. The second-order valence-corrected chi connectivity index (χ2v) is 3.30. The van der Waals surface area contributed by atoms with E-state index in [-0.39, 0.29) is 6.04 Å². The summed E-state index contributed by atoms with van der Waals surface area (Å²) >= 11 is 0. The van der Waals surface area contributed by atoms with Crippen molar-refractivity contribution in [1.29, 1.82) is 0 Å². The van der Waals surface area contributed by atoms with Crippen LogP contribution in [0, 0.1) is 0 Å². The predicted molar refractivity (Wildman–Crippen MR) is 56.1 cm³/mol. The summed E-state index contributed by atoms with van der Waals surface area (Å²) < 4.78 is 0. The first-order chi connectivity index (χ1) is 7.40. The van der Waals surface area contributed by atoms with E-state index in [2.05, 4.69) is 38.1 Å². The van der Waals surface area contributed by atoms with Crippen molar-refractivity contribution in [3.05, 3.63) is 41.7 Å². The van der Waals surface area contributed by atoms with Crippen LogP contribution < -0.4 is 5.32 Å². The summed E-state index contributed by atoms with van der Waals surface area (Å²) in [7, 11) is 1.89. The van der Waals surface area contributed by atoms with Crippen molar-refractivity contribution in [2.24, 2.45) is 0 Å². The lowest BCUT2D eigenvalue weighted by Gasteiger charge is -2.11. The summed E-state index contributed by atoms with van der Waals surface area (Å²) in [6.45, 7) is 0. The summed E-state index contributed by atoms with van der Waals surface area (Å²) in [5.74, 6) is 0.696. The highest BCUT2D eigenvalue weighted by Crippen LogP contribution is 2.12. The molecule has 0 saturated heterocycles. The van der Waals surface area contributed by atoms with Crippen LogP contribution in [0.4, 0.5) is 0 Å². The van der Waals surface area contributed by atoms with Crippen LogP contribution in [0.5, 0.6) is 0 Å². The van der Waals surface area contributed by atoms with Crippen molar-refractivity contribution in [3.63, 3.8) is 0 Å². The van der Waals surface area contributed by atoms with Gasteiger partial charge in [-0.15, -0.1) is 10.2 Å². The van der Waals surface area contributed by atoms with Crippen LogP contribution in [0.3, 0.4) is 0 Å². The Hall–Kier alpha value is -1.75. The minimum atomic E-state index is 0.103. The average molecular weight is 203 g/mol. The molecule has 1 atom stereocenters. The number of nitrogens with zero attached hydrogens (tertiary/aromatic N) is 3. The molecular formula is C10H13N5. The standard InChI is InChI=1S/C10H13N5/c1-11-9(10-12-14-15-13-10)7-8-5-3-2-4-6-8/h2-6,9,11H,7H2,1H3,(H,12,13,14,15). The third-order valence-corrected chi connectivity index (χ3v) is 2.30. The average Bonchev–Trinajstić information content (AvgIpc) is 2.81. The van der Waals surface area contributed by atoms with Gasteiger partial charge in [-0.1, -0.05) is 35.5 Å². The van der Waals surface area contributed by atoms with Gasteiger partial charge >= 0.3 is 0 Å². The Morgan fingerprint density at radius 3 is 2.73 bits per heavy atom. The molecule has 0 aliphatic heterocycles. The SMILES string of the molecule is CNC(Cc1ccccc1)c1nn[nH]n1. The Labute approximate surface area is 87.9 Å². The molecule has 0 spiro atoms. The number of hydrogen-bond donors (Lipinski definition) is 2. The fourth-order valence-corrected chi connectivity index (χ4v) is 1.49. The van der Waals surface area contributed by atoms with Crippen LogP contribution in [-0.4, -0.2) is 27.7 Å². The summed E-state index contributed by atoms with van der Waals surface area (Å²) in [5.41, 5.74) is 1.25. The highest BCUT2D eigenvalue weighted by atomic mass is 15.5. The molecule has 78 valence electrons. The van der Waals surface area contributed by atoms with Crippen molar-refractivity contribution in [2.75, 3.05) is 7.05 Å². The number of H-pyrrole nitrogens is 1. The maximum atomic E-state index is 3.97. The Morgan fingerprint density at radius 2 is 2.13 bits per heavy atom. The molecule has 5 heteroatoms. The van der Waals surface area contributed by atoms with Gasteiger partial charge in [0.15, 0.2) is 5.82 Å². The Bertz CT molecular complexity index is 383. The summed E-state index contributed by atoms with van der Waals surface area (Å²) in [6, 6.07) is 10.3. The van der Waals surface area contributed by atoms with E-state index in [1.807, 2.05) is 25.2 Å². The second kappa shape index (κ2) is 4.65. The van der Waals surface area contributed by atoms with Gasteiger partial charge in [-0.2, -0.15) is 5.21 Å². The van der Waals surface area contributed by atoms with Gasteiger partial charge in [-0.3, -0.25) is 0 Å². The molecule has 0 fully saturated rings. The van der Waals surface area contributed by atoms with Crippen LogP contribution in [0.15, 0.2) is 30.3 Å². The van der Waals surface area contributed by atoms with Crippen molar-refractivity contribution in [3.8, 4) is 0 Å². The number of hydrogen-bond acceptors (Lipinski definition) is 4. The minimum Gasteiger partial charge on any atom is -0.310 e. The number of rotatable bonds is 4. The molecule has 2 N–H and O–H groups in total. The largest absolute Gasteiger partial charge is 0.310 e. The summed E-state index contributed by atoms with van der Waals surface area (Å²) in [6.07, 6.45) is 0.858. The lowest BCUT2D eigenvalue weighted by molar-refractivity contribution is 0.558. The van der Waals surface area contributed by atoms with Crippen molar-refractivity contribution in [2.45, 2.75) is 12.5 Å². The molecule has 2 rings (SSSR count). The highest BCUT2D eigenvalue weighted by Gasteiger charge is 2.13. The Balaban J connectivity index is 2.10. The quantitative estimate of drug-likeness (QED) is 0.767. The van der Waals surface area contributed by atoms with E-state index in [9.17, 15) is 0 Å². The molecule has 2 aromatic rings. The molecule has 1 aromatic carbocycles. The van der Waals surface area contributed by atoms with Gasteiger partial charge in [-0.25, -0.2) is 0 Å². The van der Waals surface area contributed by atoms with Crippen LogP contribution in [0.25, 0.3) is 0 Å². The van der Waals surface area contributed by atoms with E-state index in [1.54, 1.807) is 0 Å². The van der Waals surface area contributed by atoms with Crippen molar-refractivity contribution >= 4 is 0 Å². The monoisotopic (exact) mass is 203 g/mol. The smallest absolute Gasteiger partial charge is 0.191 e. The fourth-order valence-electron chi connectivity index (χ4n) is 1.49. The Kier molecular flexibility index (Phi) is 3.04. The van der Waals surface area contributed by atoms with Crippen LogP contribution in [-0.2, 0) is 6.42 Å². The second-order valence-electron chi connectivity index (χ2n) is 3.30. The number of aromatic amines is 1. The number of benzene rings is 1. The molecule has 1 unspecified atom stereocenters. The van der Waals surface area contributed by atoms with Crippen molar-refractivity contribution < 1.29 is 0 Å². The van der Waals surface area contributed by atoms with E-state index in [0.717, 1.165) is 6.42 Å². The molecule has 0 aliphatic rings. The molecule has 0 radical (unpaired) electrons. The summed E-state index contributed by atoms with van der Waals surface area (Å²) in [5, 5.41) is 17.1. The molecule has 5 nitrogen and oxygen atoms in total. The van der Waals surface area contributed by atoms with Gasteiger partial charge < -0.3 is 5.32 Å². The molecule has 1 aromatic heterocycles. The third kappa shape index (κ3) is 2.38. The van der Waals surface area contributed by atoms with Gasteiger partial charge in [-0.05, 0) is 19.0 Å². The first-order valence-electron chi connectivity index (χ1n) is 4.84. The molecule has 0 amide bonds. The van der Waals surface area contributed by atoms with Gasteiger partial charge in [0.1, 0.15) is 0 Å². The first-order valence-corrected chi connectivity index (χ1v) is 4.84. The lowest BCUT2D eigenvalue weighted by atomic mass is 10.1. The topological polar surface area (TPSA) is 66.5 Å². The number of aromatic nitrogens is 4. The van der Waals surface area contributed by atoms with E-state index in [0.29, 0.717) is 5.82 Å². The molecule has 15 heavy (non-hydrogen) atoms. The zero-order chi connectivity index (χ0) is 10.5. The molecule has 0 aliphatic carbocycles. The zero-order valence-corrected chi connectivity index (χ0v) is 8.51. The van der Waals surface area contributed by atoms with Gasteiger partial charge in [0.05, 0.1) is 6.04 Å². The van der Waals surface area contributed by atoms with E-state index >= 15 is 0 Å². The fraction of sp³-hybridized carbons (Fsp3) is 0.300. The predicted octanol–water partition coefficient (Wildman–Crippen LogP) is 0.703. The number of likely N-dealkylation sites (N-methyl/N-ethyl adjacent to an activating group) is 1. The minimum absolute atomic E-state index is 0.103. The summed E-state index contributed by atoms with van der Waals surface area (Å²) in [4.78, 5) is 0. The van der Waals surface area contributed by atoms with E-state index in [4.69, 9.17) is 0 Å². The molecule has 0 saturated carbocycles. The van der Waals surface area contributed by atoms with Gasteiger partial charge in [0, 0.05) is 0 Å². The van der Waals surface area contributed by atoms with Crippen LogP contribution >= 0.6 is 0 Å². The van der Waals surface area contributed by atoms with Crippen molar-refractivity contribution in [1.82, 2.24) is 25.9 Å².